The average Bonchev–Trinajstić information content (AvgIpc) is 2.65. The summed E-state index contributed by atoms with van der Waals surface area (Å²) in [4.78, 5) is 22.8. The molecule has 0 spiro atoms. The molecule has 0 fully saturated rings. The topological polar surface area (TPSA) is 52.6 Å². The third kappa shape index (κ3) is 5.39. The Labute approximate surface area is 141 Å². The first-order valence-corrected chi connectivity index (χ1v) is 7.82. The summed E-state index contributed by atoms with van der Waals surface area (Å²) < 4.78 is 10.0. The summed E-state index contributed by atoms with van der Waals surface area (Å²) in [5.41, 5.74) is 2.68. The summed E-state index contributed by atoms with van der Waals surface area (Å²) in [5.74, 6) is -0.789. The number of esters is 2. The molecule has 24 heavy (non-hydrogen) atoms. The van der Waals surface area contributed by atoms with E-state index in [4.69, 9.17) is 9.47 Å². The molecule has 124 valence electrons. The molecule has 0 aliphatic rings. The van der Waals surface area contributed by atoms with Crippen molar-refractivity contribution in [2.45, 2.75) is 12.8 Å². The van der Waals surface area contributed by atoms with Gasteiger partial charge in [0.15, 0.2) is 0 Å². The molecule has 0 aromatic heterocycles. The fourth-order valence-corrected chi connectivity index (χ4v) is 2.11. The molecule has 0 atom stereocenters. The number of hydrogen-bond acceptors (Lipinski definition) is 4. The first-order valence-electron chi connectivity index (χ1n) is 7.82. The molecule has 0 radical (unpaired) electrons. The average molecular weight is 324 g/mol. The molecule has 2 aromatic carbocycles. The van der Waals surface area contributed by atoms with Gasteiger partial charge in [0.2, 0.25) is 0 Å². The molecule has 0 amide bonds. The zero-order valence-corrected chi connectivity index (χ0v) is 13.4. The summed E-state index contributed by atoms with van der Waals surface area (Å²) >= 11 is 0. The standard InChI is InChI=1S/C20H20O4/c1-2-19(21)23-14-6-7-15-24-20(22)18-12-10-17(11-13-18)16-8-4-3-5-9-16/h2-5,8-13H,1,6-7,14-15H2. The number of rotatable bonds is 8. The van der Waals surface area contributed by atoms with Crippen molar-refractivity contribution >= 4 is 11.9 Å². The molecule has 0 saturated heterocycles. The Morgan fingerprint density at radius 3 is 2.04 bits per heavy atom. The van der Waals surface area contributed by atoms with E-state index in [1.54, 1.807) is 12.1 Å². The highest BCUT2D eigenvalue weighted by molar-refractivity contribution is 5.90. The van der Waals surface area contributed by atoms with Crippen molar-refractivity contribution in [3.63, 3.8) is 0 Å². The largest absolute Gasteiger partial charge is 0.463 e. The highest BCUT2D eigenvalue weighted by Crippen LogP contribution is 2.19. The second-order valence-electron chi connectivity index (χ2n) is 5.16. The third-order valence-corrected chi connectivity index (χ3v) is 3.41. The van der Waals surface area contributed by atoms with Crippen molar-refractivity contribution in [3.05, 3.63) is 72.8 Å². The number of ether oxygens (including phenoxy) is 2. The van der Waals surface area contributed by atoms with Crippen LogP contribution < -0.4 is 0 Å². The molecule has 0 aliphatic heterocycles. The second-order valence-corrected chi connectivity index (χ2v) is 5.16. The summed E-state index contributed by atoms with van der Waals surface area (Å²) in [6.07, 6.45) is 2.40. The predicted molar refractivity (Wildman–Crippen MR) is 92.6 cm³/mol. The first-order chi connectivity index (χ1) is 11.7. The van der Waals surface area contributed by atoms with Crippen molar-refractivity contribution in [2.75, 3.05) is 13.2 Å². The van der Waals surface area contributed by atoms with Crippen LogP contribution in [0, 0.1) is 0 Å². The van der Waals surface area contributed by atoms with Crippen molar-refractivity contribution < 1.29 is 19.1 Å². The molecule has 0 heterocycles. The molecule has 0 saturated carbocycles. The van der Waals surface area contributed by atoms with Gasteiger partial charge in [0.25, 0.3) is 0 Å². The SMILES string of the molecule is C=CC(=O)OCCCCOC(=O)c1ccc(-c2ccccc2)cc1. The van der Waals surface area contributed by atoms with Gasteiger partial charge in [-0.15, -0.1) is 0 Å². The van der Waals surface area contributed by atoms with Gasteiger partial charge in [-0.05, 0) is 36.1 Å². The quantitative estimate of drug-likeness (QED) is 0.418. The fraction of sp³-hybridized carbons (Fsp3) is 0.200. The van der Waals surface area contributed by atoms with Crippen LogP contribution in [0.15, 0.2) is 67.3 Å². The van der Waals surface area contributed by atoms with E-state index in [-0.39, 0.29) is 5.97 Å². The van der Waals surface area contributed by atoms with Crippen molar-refractivity contribution in [2.24, 2.45) is 0 Å². The maximum atomic E-state index is 12.0. The number of hydrogen-bond donors (Lipinski definition) is 0. The smallest absolute Gasteiger partial charge is 0.338 e. The van der Waals surface area contributed by atoms with E-state index < -0.39 is 5.97 Å². The molecule has 0 N–H and O–H groups in total. The van der Waals surface area contributed by atoms with Gasteiger partial charge >= 0.3 is 11.9 Å². The number of carbonyl (C=O) groups excluding carboxylic acids is 2. The van der Waals surface area contributed by atoms with Gasteiger partial charge in [-0.2, -0.15) is 0 Å². The van der Waals surface area contributed by atoms with Crippen molar-refractivity contribution in [1.29, 1.82) is 0 Å². The lowest BCUT2D eigenvalue weighted by molar-refractivity contribution is -0.137. The van der Waals surface area contributed by atoms with E-state index in [2.05, 4.69) is 6.58 Å². The van der Waals surface area contributed by atoms with E-state index in [9.17, 15) is 9.59 Å². The second kappa shape index (κ2) is 9.30. The molecule has 2 aromatic rings. The van der Waals surface area contributed by atoms with Crippen LogP contribution in [0.1, 0.15) is 23.2 Å². The Balaban J connectivity index is 1.75. The van der Waals surface area contributed by atoms with Crippen LogP contribution in [0.25, 0.3) is 11.1 Å². The summed E-state index contributed by atoms with van der Waals surface area (Å²) in [5, 5.41) is 0. The number of carbonyl (C=O) groups is 2. The maximum absolute atomic E-state index is 12.0. The summed E-state index contributed by atoms with van der Waals surface area (Å²) in [7, 11) is 0. The molecule has 4 nitrogen and oxygen atoms in total. The summed E-state index contributed by atoms with van der Waals surface area (Å²) in [6.45, 7) is 3.91. The zero-order valence-electron chi connectivity index (χ0n) is 13.4. The molecular weight excluding hydrogens is 304 g/mol. The molecule has 0 bridgehead atoms. The third-order valence-electron chi connectivity index (χ3n) is 3.41. The van der Waals surface area contributed by atoms with Crippen LogP contribution in [-0.2, 0) is 14.3 Å². The molecule has 0 unspecified atom stereocenters. The number of benzene rings is 2. The molecule has 0 aliphatic carbocycles. The lowest BCUT2D eigenvalue weighted by Crippen LogP contribution is -2.08. The van der Waals surface area contributed by atoms with E-state index in [0.29, 0.717) is 31.6 Å². The Bertz CT molecular complexity index is 675. The van der Waals surface area contributed by atoms with Crippen LogP contribution in [-0.4, -0.2) is 25.2 Å². The van der Waals surface area contributed by atoms with Gasteiger partial charge in [0.05, 0.1) is 18.8 Å². The van der Waals surface area contributed by atoms with E-state index in [1.807, 2.05) is 42.5 Å². The van der Waals surface area contributed by atoms with Crippen LogP contribution in [0.4, 0.5) is 0 Å². The van der Waals surface area contributed by atoms with Gasteiger partial charge in [0, 0.05) is 6.08 Å². The van der Waals surface area contributed by atoms with Crippen LogP contribution >= 0.6 is 0 Å². The van der Waals surface area contributed by atoms with Crippen molar-refractivity contribution in [1.82, 2.24) is 0 Å². The van der Waals surface area contributed by atoms with Gasteiger partial charge in [-0.25, -0.2) is 9.59 Å². The van der Waals surface area contributed by atoms with Gasteiger partial charge in [-0.1, -0.05) is 49.0 Å². The Hall–Kier alpha value is -2.88. The van der Waals surface area contributed by atoms with Gasteiger partial charge < -0.3 is 9.47 Å². The monoisotopic (exact) mass is 324 g/mol. The minimum Gasteiger partial charge on any atom is -0.463 e. The maximum Gasteiger partial charge on any atom is 0.338 e. The Morgan fingerprint density at radius 2 is 1.42 bits per heavy atom. The lowest BCUT2D eigenvalue weighted by Gasteiger charge is -2.06. The Kier molecular flexibility index (Phi) is 6.77. The fourth-order valence-electron chi connectivity index (χ4n) is 2.11. The summed E-state index contributed by atoms with van der Waals surface area (Å²) in [6, 6.07) is 17.3. The van der Waals surface area contributed by atoms with E-state index in [1.165, 1.54) is 0 Å². The predicted octanol–water partition coefficient (Wildman–Crippen LogP) is 4.02. The minimum atomic E-state index is -0.439. The van der Waals surface area contributed by atoms with E-state index in [0.717, 1.165) is 17.2 Å². The zero-order chi connectivity index (χ0) is 17.2. The molecule has 4 heteroatoms. The van der Waals surface area contributed by atoms with Crippen LogP contribution in [0.2, 0.25) is 0 Å². The normalized spacial score (nSPS) is 10.0. The highest BCUT2D eigenvalue weighted by Gasteiger charge is 2.07. The highest BCUT2D eigenvalue weighted by atomic mass is 16.5. The number of unbranched alkanes of at least 4 members (excludes halogenated alkanes) is 1. The molecule has 2 rings (SSSR count). The van der Waals surface area contributed by atoms with Gasteiger partial charge in [0.1, 0.15) is 0 Å². The lowest BCUT2D eigenvalue weighted by atomic mass is 10.0. The Morgan fingerprint density at radius 1 is 0.833 bits per heavy atom. The van der Waals surface area contributed by atoms with E-state index >= 15 is 0 Å². The van der Waals surface area contributed by atoms with Crippen molar-refractivity contribution in [3.8, 4) is 11.1 Å². The molecular formula is C20H20O4. The van der Waals surface area contributed by atoms with Crippen LogP contribution in [0.3, 0.4) is 0 Å². The minimum absolute atomic E-state index is 0.297. The first kappa shape index (κ1) is 17.5. The van der Waals surface area contributed by atoms with Gasteiger partial charge in [-0.3, -0.25) is 0 Å². The van der Waals surface area contributed by atoms with Crippen LogP contribution in [0.5, 0.6) is 0 Å².